The molecule has 1 aromatic heterocycles. The van der Waals surface area contributed by atoms with Crippen LogP contribution in [-0.4, -0.2) is 26.7 Å². The molecule has 0 aliphatic heterocycles. The van der Waals surface area contributed by atoms with Crippen LogP contribution in [0.15, 0.2) is 5.16 Å². The van der Waals surface area contributed by atoms with Crippen LogP contribution in [-0.2, 0) is 11.2 Å². The molecule has 0 radical (unpaired) electrons. The number of carbonyl (C=O) groups excluding carboxylic acids is 1. The molecule has 0 saturated carbocycles. The number of carbonyl (C=O) groups is 1. The third kappa shape index (κ3) is 5.21. The van der Waals surface area contributed by atoms with Crippen molar-refractivity contribution in [3.05, 3.63) is 5.82 Å². The summed E-state index contributed by atoms with van der Waals surface area (Å²) in [5.41, 5.74) is -0.244. The first-order valence-corrected chi connectivity index (χ1v) is 7.49. The molecular formula is C13H23N3OS. The molecule has 4 nitrogen and oxygen atoms in total. The van der Waals surface area contributed by atoms with Crippen LogP contribution in [0.5, 0.6) is 0 Å². The highest BCUT2D eigenvalue weighted by Crippen LogP contribution is 2.20. The maximum atomic E-state index is 11.7. The quantitative estimate of drug-likeness (QED) is 0.772. The Labute approximate surface area is 113 Å². The van der Waals surface area contributed by atoms with Gasteiger partial charge in [-0.25, -0.2) is 4.98 Å². The fraction of sp³-hybridized carbons (Fsp3) is 0.769. The summed E-state index contributed by atoms with van der Waals surface area (Å²) in [5, 5.41) is 7.84. The summed E-state index contributed by atoms with van der Waals surface area (Å²) in [7, 11) is 0. The third-order valence-electron chi connectivity index (χ3n) is 2.68. The molecule has 5 heteroatoms. The molecule has 0 aliphatic rings. The monoisotopic (exact) mass is 269 g/mol. The Kier molecular flexibility index (Phi) is 5.85. The van der Waals surface area contributed by atoms with Crippen molar-refractivity contribution >= 4 is 17.5 Å². The highest BCUT2D eigenvalue weighted by Gasteiger charge is 2.20. The number of aromatic amines is 1. The average molecular weight is 269 g/mol. The first kappa shape index (κ1) is 15.2. The van der Waals surface area contributed by atoms with Crippen LogP contribution < -0.4 is 0 Å². The highest BCUT2D eigenvalue weighted by molar-refractivity contribution is 7.99. The van der Waals surface area contributed by atoms with Crippen LogP contribution in [0.4, 0.5) is 0 Å². The number of ketones is 1. The van der Waals surface area contributed by atoms with Crippen molar-refractivity contribution in [2.24, 2.45) is 5.41 Å². The van der Waals surface area contributed by atoms with Crippen LogP contribution in [0.1, 0.15) is 52.8 Å². The van der Waals surface area contributed by atoms with Gasteiger partial charge in [-0.1, -0.05) is 45.9 Å². The molecule has 0 saturated heterocycles. The molecule has 1 N–H and O–H groups in total. The van der Waals surface area contributed by atoms with E-state index in [2.05, 4.69) is 22.1 Å². The first-order valence-electron chi connectivity index (χ1n) is 6.51. The van der Waals surface area contributed by atoms with Gasteiger partial charge in [0, 0.05) is 24.0 Å². The number of nitrogens with zero attached hydrogens (tertiary/aromatic N) is 2. The summed E-state index contributed by atoms with van der Waals surface area (Å²) < 4.78 is 0. The van der Waals surface area contributed by atoms with Crippen molar-refractivity contribution < 1.29 is 4.79 Å². The van der Waals surface area contributed by atoms with E-state index in [-0.39, 0.29) is 11.2 Å². The highest BCUT2D eigenvalue weighted by atomic mass is 32.2. The van der Waals surface area contributed by atoms with Crippen LogP contribution in [0.3, 0.4) is 0 Å². The Morgan fingerprint density at radius 3 is 2.72 bits per heavy atom. The molecule has 0 amide bonds. The van der Waals surface area contributed by atoms with E-state index < -0.39 is 0 Å². The number of rotatable bonds is 7. The lowest BCUT2D eigenvalue weighted by molar-refractivity contribution is -0.125. The fourth-order valence-corrected chi connectivity index (χ4v) is 2.16. The van der Waals surface area contributed by atoms with Gasteiger partial charge >= 0.3 is 0 Å². The number of hydrogen-bond donors (Lipinski definition) is 1. The Morgan fingerprint density at radius 1 is 1.39 bits per heavy atom. The summed E-state index contributed by atoms with van der Waals surface area (Å²) in [5.74, 6) is 1.99. The second-order valence-corrected chi connectivity index (χ2v) is 6.50. The van der Waals surface area contributed by atoms with Crippen molar-refractivity contribution in [1.29, 1.82) is 0 Å². The summed E-state index contributed by atoms with van der Waals surface area (Å²) in [6.07, 6.45) is 3.81. The largest absolute Gasteiger partial charge is 0.299 e. The van der Waals surface area contributed by atoms with E-state index in [1.807, 2.05) is 20.8 Å². The number of unbranched alkanes of at least 4 members (excludes halogenated alkanes) is 1. The maximum Gasteiger partial charge on any atom is 0.208 e. The van der Waals surface area contributed by atoms with E-state index in [0.29, 0.717) is 6.42 Å². The second kappa shape index (κ2) is 6.92. The number of Topliss-reactive ketones (excluding diaryl/α,β-unsaturated/α-hetero) is 1. The first-order chi connectivity index (χ1) is 8.43. The molecule has 102 valence electrons. The van der Waals surface area contributed by atoms with Crippen molar-refractivity contribution in [1.82, 2.24) is 15.2 Å². The number of aromatic nitrogens is 3. The molecule has 0 bridgehead atoms. The molecule has 18 heavy (non-hydrogen) atoms. The summed E-state index contributed by atoms with van der Waals surface area (Å²) in [6.45, 7) is 8.02. The third-order valence-corrected chi connectivity index (χ3v) is 3.52. The molecular weight excluding hydrogens is 246 g/mol. The number of nitrogens with one attached hydrogen (secondary N) is 1. The van der Waals surface area contributed by atoms with E-state index >= 15 is 0 Å². The topological polar surface area (TPSA) is 58.6 Å². The van der Waals surface area contributed by atoms with Crippen molar-refractivity contribution in [3.8, 4) is 0 Å². The van der Waals surface area contributed by atoms with Crippen LogP contribution >= 0.6 is 11.8 Å². The van der Waals surface area contributed by atoms with Crippen LogP contribution in [0, 0.1) is 5.41 Å². The van der Waals surface area contributed by atoms with Gasteiger partial charge in [0.1, 0.15) is 11.6 Å². The SMILES string of the molecule is CCCCc1nc(SCCC(=O)C(C)(C)C)n[nH]1. The minimum Gasteiger partial charge on any atom is -0.299 e. The average Bonchev–Trinajstić information content (AvgIpc) is 2.73. The van der Waals surface area contributed by atoms with Crippen molar-refractivity contribution in [2.45, 2.75) is 58.5 Å². The Balaban J connectivity index is 2.31. The molecule has 1 rings (SSSR count). The van der Waals surface area contributed by atoms with Gasteiger partial charge in [-0.3, -0.25) is 9.89 Å². The summed E-state index contributed by atoms with van der Waals surface area (Å²) in [6, 6.07) is 0. The zero-order valence-corrected chi connectivity index (χ0v) is 12.6. The van der Waals surface area contributed by atoms with Gasteiger partial charge < -0.3 is 0 Å². The summed E-state index contributed by atoms with van der Waals surface area (Å²) >= 11 is 1.54. The lowest BCUT2D eigenvalue weighted by Gasteiger charge is -2.15. The minimum atomic E-state index is -0.244. The van der Waals surface area contributed by atoms with Crippen molar-refractivity contribution in [2.75, 3.05) is 5.75 Å². The Morgan fingerprint density at radius 2 is 2.11 bits per heavy atom. The number of aryl methyl sites for hydroxylation is 1. The second-order valence-electron chi connectivity index (χ2n) is 5.44. The molecule has 0 unspecified atom stereocenters. The molecule has 0 aliphatic carbocycles. The van der Waals surface area contributed by atoms with Gasteiger partial charge in [0.25, 0.3) is 0 Å². The normalized spacial score (nSPS) is 11.8. The Hall–Kier alpha value is -0.840. The molecule has 0 spiro atoms. The smallest absolute Gasteiger partial charge is 0.208 e. The number of hydrogen-bond acceptors (Lipinski definition) is 4. The zero-order chi connectivity index (χ0) is 13.6. The standard InChI is InChI=1S/C13H23N3OS/c1-5-6-7-11-14-12(16-15-11)18-9-8-10(17)13(2,3)4/h5-9H2,1-4H3,(H,14,15,16). The zero-order valence-electron chi connectivity index (χ0n) is 11.7. The van der Waals surface area contributed by atoms with Gasteiger partial charge in [-0.05, 0) is 6.42 Å². The molecule has 0 aromatic carbocycles. The molecule has 1 aromatic rings. The predicted octanol–water partition coefficient (Wildman–Crippen LogP) is 3.24. The fourth-order valence-electron chi connectivity index (χ4n) is 1.41. The van der Waals surface area contributed by atoms with E-state index in [9.17, 15) is 4.79 Å². The van der Waals surface area contributed by atoms with Gasteiger partial charge in [0.2, 0.25) is 5.16 Å². The minimum absolute atomic E-state index is 0.244. The number of thioether (sulfide) groups is 1. The number of H-pyrrole nitrogens is 1. The Bertz CT molecular complexity index is 382. The van der Waals surface area contributed by atoms with E-state index in [4.69, 9.17) is 0 Å². The summed E-state index contributed by atoms with van der Waals surface area (Å²) in [4.78, 5) is 16.1. The van der Waals surface area contributed by atoms with Crippen LogP contribution in [0.2, 0.25) is 0 Å². The van der Waals surface area contributed by atoms with Crippen LogP contribution in [0.25, 0.3) is 0 Å². The molecule has 0 fully saturated rings. The van der Waals surface area contributed by atoms with E-state index in [1.165, 1.54) is 0 Å². The maximum absolute atomic E-state index is 11.7. The van der Waals surface area contributed by atoms with Gasteiger partial charge in [0.15, 0.2) is 0 Å². The van der Waals surface area contributed by atoms with Gasteiger partial charge in [-0.2, -0.15) is 0 Å². The predicted molar refractivity (Wildman–Crippen MR) is 74.8 cm³/mol. The van der Waals surface area contributed by atoms with E-state index in [0.717, 1.165) is 36.0 Å². The van der Waals surface area contributed by atoms with Gasteiger partial charge in [0.05, 0.1) is 0 Å². The lowest BCUT2D eigenvalue weighted by atomic mass is 9.89. The molecule has 0 atom stereocenters. The van der Waals surface area contributed by atoms with Gasteiger partial charge in [-0.15, -0.1) is 5.10 Å². The molecule has 1 heterocycles. The van der Waals surface area contributed by atoms with E-state index in [1.54, 1.807) is 11.8 Å². The lowest BCUT2D eigenvalue weighted by Crippen LogP contribution is -2.20. The van der Waals surface area contributed by atoms with Crippen molar-refractivity contribution in [3.63, 3.8) is 0 Å².